The molecular formula is C15H15BrClN3O. The van der Waals surface area contributed by atoms with Crippen LogP contribution in [0.15, 0.2) is 28.9 Å². The van der Waals surface area contributed by atoms with E-state index in [1.54, 1.807) is 0 Å². The van der Waals surface area contributed by atoms with E-state index >= 15 is 0 Å². The number of hydrogen-bond acceptors (Lipinski definition) is 3. The van der Waals surface area contributed by atoms with Crippen molar-refractivity contribution in [2.75, 3.05) is 5.32 Å². The Bertz CT molecular complexity index is 689. The third-order valence-corrected chi connectivity index (χ3v) is 4.26. The maximum atomic E-state index is 12.4. The number of hydrogen-bond donors (Lipinski definition) is 1. The summed E-state index contributed by atoms with van der Waals surface area (Å²) in [5, 5.41) is 3.05. The van der Waals surface area contributed by atoms with E-state index in [2.05, 4.69) is 31.2 Å². The summed E-state index contributed by atoms with van der Waals surface area (Å²) in [7, 11) is 0. The zero-order valence-corrected chi connectivity index (χ0v) is 14.3. The first kappa shape index (κ1) is 15.9. The molecular weight excluding hydrogens is 354 g/mol. The Balaban J connectivity index is 2.32. The second-order valence-electron chi connectivity index (χ2n) is 4.97. The van der Waals surface area contributed by atoms with Crippen LogP contribution in [0.25, 0.3) is 0 Å². The number of halogens is 2. The second kappa shape index (κ2) is 6.54. The summed E-state index contributed by atoms with van der Waals surface area (Å²) in [6.07, 6.45) is 1.46. The topological polar surface area (TPSA) is 54.9 Å². The van der Waals surface area contributed by atoms with Gasteiger partial charge in [0, 0.05) is 10.4 Å². The van der Waals surface area contributed by atoms with Gasteiger partial charge in [-0.15, -0.1) is 0 Å². The fourth-order valence-corrected chi connectivity index (χ4v) is 2.28. The molecule has 2 aromatic rings. The van der Waals surface area contributed by atoms with Crippen molar-refractivity contribution in [2.45, 2.75) is 26.7 Å². The second-order valence-corrected chi connectivity index (χ2v) is 6.17. The van der Waals surface area contributed by atoms with Crippen LogP contribution in [0.2, 0.25) is 5.02 Å². The van der Waals surface area contributed by atoms with Gasteiger partial charge in [0.2, 0.25) is 0 Å². The van der Waals surface area contributed by atoms with Crippen molar-refractivity contribution >= 4 is 39.1 Å². The number of carbonyl (C=O) groups excluding carboxylic acids is 1. The fraction of sp³-hybridized carbons (Fsp3) is 0.267. The Hall–Kier alpha value is -1.46. The van der Waals surface area contributed by atoms with Gasteiger partial charge in [-0.1, -0.05) is 37.6 Å². The molecule has 0 radical (unpaired) electrons. The molecule has 1 N–H and O–H groups in total. The van der Waals surface area contributed by atoms with E-state index in [0.29, 0.717) is 11.5 Å². The lowest BCUT2D eigenvalue weighted by Gasteiger charge is -2.11. The van der Waals surface area contributed by atoms with Crippen LogP contribution in [0.4, 0.5) is 5.69 Å². The van der Waals surface area contributed by atoms with Crippen LogP contribution >= 0.6 is 27.5 Å². The van der Waals surface area contributed by atoms with Gasteiger partial charge in [0.25, 0.3) is 5.91 Å². The average molecular weight is 369 g/mol. The van der Waals surface area contributed by atoms with Crippen LogP contribution in [0.3, 0.4) is 0 Å². The maximum absolute atomic E-state index is 12.4. The smallest absolute Gasteiger partial charge is 0.275 e. The molecule has 1 aromatic carbocycles. The van der Waals surface area contributed by atoms with E-state index in [4.69, 9.17) is 11.6 Å². The highest BCUT2D eigenvalue weighted by Gasteiger charge is 2.16. The van der Waals surface area contributed by atoms with E-state index in [9.17, 15) is 4.79 Å². The summed E-state index contributed by atoms with van der Waals surface area (Å²) in [4.78, 5) is 20.7. The van der Waals surface area contributed by atoms with Crippen LogP contribution < -0.4 is 5.32 Å². The van der Waals surface area contributed by atoms with Gasteiger partial charge in [0.15, 0.2) is 5.69 Å². The van der Waals surface area contributed by atoms with Crippen molar-refractivity contribution in [3.63, 3.8) is 0 Å². The van der Waals surface area contributed by atoms with Crippen molar-refractivity contribution in [1.29, 1.82) is 0 Å². The summed E-state index contributed by atoms with van der Waals surface area (Å²) >= 11 is 9.49. The molecule has 0 saturated carbocycles. The molecule has 0 fully saturated rings. The Morgan fingerprint density at radius 2 is 2.10 bits per heavy atom. The number of nitrogens with zero attached hydrogens (tertiary/aromatic N) is 2. The van der Waals surface area contributed by atoms with Gasteiger partial charge in [-0.05, 0) is 34.5 Å². The number of aryl methyl sites for hydroxylation is 1. The molecule has 0 aliphatic heterocycles. The van der Waals surface area contributed by atoms with Gasteiger partial charge < -0.3 is 5.32 Å². The van der Waals surface area contributed by atoms with Crippen molar-refractivity contribution in [1.82, 2.24) is 9.97 Å². The van der Waals surface area contributed by atoms with Gasteiger partial charge in [0.1, 0.15) is 5.82 Å². The number of amides is 1. The molecule has 0 bridgehead atoms. The first-order chi connectivity index (χ1) is 9.90. The summed E-state index contributed by atoms with van der Waals surface area (Å²) in [5.41, 5.74) is 1.90. The standard InChI is InChI=1S/C15H15BrClN3O/c1-8(2)14-18-7-10(17)13(20-14)15(21)19-11-6-4-5-9(3)12(11)16/h4-8H,1-3H3,(H,19,21). The molecule has 6 heteroatoms. The molecule has 0 unspecified atom stereocenters. The molecule has 0 aliphatic carbocycles. The summed E-state index contributed by atoms with van der Waals surface area (Å²) < 4.78 is 0.840. The highest BCUT2D eigenvalue weighted by Crippen LogP contribution is 2.26. The van der Waals surface area contributed by atoms with E-state index < -0.39 is 0 Å². The maximum Gasteiger partial charge on any atom is 0.275 e. The minimum absolute atomic E-state index is 0.125. The number of carbonyl (C=O) groups is 1. The minimum Gasteiger partial charge on any atom is -0.320 e. The lowest BCUT2D eigenvalue weighted by molar-refractivity contribution is 0.102. The van der Waals surface area contributed by atoms with Crippen molar-refractivity contribution in [3.05, 3.63) is 51.0 Å². The minimum atomic E-state index is -0.351. The number of rotatable bonds is 3. The third-order valence-electron chi connectivity index (χ3n) is 2.93. The highest BCUT2D eigenvalue weighted by molar-refractivity contribution is 9.10. The van der Waals surface area contributed by atoms with Gasteiger partial charge in [-0.3, -0.25) is 4.79 Å². The molecule has 0 aliphatic rings. The molecule has 4 nitrogen and oxygen atoms in total. The monoisotopic (exact) mass is 367 g/mol. The van der Waals surface area contributed by atoms with E-state index in [1.807, 2.05) is 39.0 Å². The average Bonchev–Trinajstić information content (AvgIpc) is 2.44. The Morgan fingerprint density at radius 3 is 2.76 bits per heavy atom. The van der Waals surface area contributed by atoms with Crippen molar-refractivity contribution < 1.29 is 4.79 Å². The zero-order chi connectivity index (χ0) is 15.6. The normalized spacial score (nSPS) is 10.8. The summed E-state index contributed by atoms with van der Waals surface area (Å²) in [5.74, 6) is 0.364. The van der Waals surface area contributed by atoms with Crippen LogP contribution in [-0.4, -0.2) is 15.9 Å². The summed E-state index contributed by atoms with van der Waals surface area (Å²) in [6.45, 7) is 5.87. The van der Waals surface area contributed by atoms with E-state index in [1.165, 1.54) is 6.20 Å². The largest absolute Gasteiger partial charge is 0.320 e. The molecule has 21 heavy (non-hydrogen) atoms. The number of anilines is 1. The molecule has 1 heterocycles. The summed E-state index contributed by atoms with van der Waals surface area (Å²) in [6, 6.07) is 5.64. The molecule has 0 atom stereocenters. The SMILES string of the molecule is Cc1cccc(NC(=O)c2nc(C(C)C)ncc2Cl)c1Br. The van der Waals surface area contributed by atoms with Crippen molar-refractivity contribution in [2.24, 2.45) is 0 Å². The predicted molar refractivity (Wildman–Crippen MR) is 88.0 cm³/mol. The van der Waals surface area contributed by atoms with E-state index in [0.717, 1.165) is 10.0 Å². The first-order valence-corrected chi connectivity index (χ1v) is 7.66. The molecule has 1 aromatic heterocycles. The van der Waals surface area contributed by atoms with Gasteiger partial charge in [-0.2, -0.15) is 0 Å². The van der Waals surface area contributed by atoms with Gasteiger partial charge >= 0.3 is 0 Å². The van der Waals surface area contributed by atoms with Gasteiger partial charge in [0.05, 0.1) is 16.9 Å². The molecule has 110 valence electrons. The van der Waals surface area contributed by atoms with Gasteiger partial charge in [-0.25, -0.2) is 9.97 Å². The number of benzene rings is 1. The van der Waals surface area contributed by atoms with Crippen LogP contribution in [-0.2, 0) is 0 Å². The highest BCUT2D eigenvalue weighted by atomic mass is 79.9. The van der Waals surface area contributed by atoms with Crippen molar-refractivity contribution in [3.8, 4) is 0 Å². The van der Waals surface area contributed by atoms with Crippen LogP contribution in [0, 0.1) is 6.92 Å². The Morgan fingerprint density at radius 1 is 1.38 bits per heavy atom. The first-order valence-electron chi connectivity index (χ1n) is 6.49. The lowest BCUT2D eigenvalue weighted by Crippen LogP contribution is -2.16. The molecule has 2 rings (SSSR count). The third kappa shape index (κ3) is 3.60. The lowest BCUT2D eigenvalue weighted by atomic mass is 10.2. The van der Waals surface area contributed by atoms with E-state index in [-0.39, 0.29) is 22.5 Å². The number of aromatic nitrogens is 2. The molecule has 1 amide bonds. The molecule has 0 spiro atoms. The Kier molecular flexibility index (Phi) is 4.96. The Labute approximate surface area is 137 Å². The molecule has 0 saturated heterocycles. The quantitative estimate of drug-likeness (QED) is 0.863. The van der Waals surface area contributed by atoms with Crippen LogP contribution in [0.1, 0.15) is 41.6 Å². The van der Waals surface area contributed by atoms with Crippen LogP contribution in [0.5, 0.6) is 0 Å². The predicted octanol–water partition coefficient (Wildman–Crippen LogP) is 4.58. The number of nitrogens with one attached hydrogen (secondary N) is 1. The fourth-order valence-electron chi connectivity index (χ4n) is 1.74. The zero-order valence-electron chi connectivity index (χ0n) is 11.9.